The van der Waals surface area contributed by atoms with Gasteiger partial charge >= 0.3 is 0 Å². The Hall–Kier alpha value is -0.610. The van der Waals surface area contributed by atoms with Gasteiger partial charge in [0.1, 0.15) is 0 Å². The molecule has 1 atom stereocenters. The van der Waals surface area contributed by atoms with Crippen LogP contribution in [0.3, 0.4) is 0 Å². The van der Waals surface area contributed by atoms with E-state index in [9.17, 15) is 4.79 Å². The second-order valence-electron chi connectivity index (χ2n) is 4.40. The molecule has 2 N–H and O–H groups in total. The molecule has 4 nitrogen and oxygen atoms in total. The summed E-state index contributed by atoms with van der Waals surface area (Å²) in [5.74, 6) is 0.243. The van der Waals surface area contributed by atoms with E-state index < -0.39 is 0 Å². The first-order valence-corrected chi connectivity index (χ1v) is 6.44. The number of rotatable bonds is 6. The summed E-state index contributed by atoms with van der Waals surface area (Å²) >= 11 is 0. The molecule has 1 saturated heterocycles. The first-order valence-electron chi connectivity index (χ1n) is 6.44. The Kier molecular flexibility index (Phi) is 5.77. The van der Waals surface area contributed by atoms with Crippen LogP contribution in [0.5, 0.6) is 0 Å². The topological polar surface area (TPSA) is 49.6 Å². The third kappa shape index (κ3) is 3.46. The van der Waals surface area contributed by atoms with E-state index in [1.54, 1.807) is 0 Å². The van der Waals surface area contributed by atoms with E-state index in [0.717, 1.165) is 26.2 Å². The van der Waals surface area contributed by atoms with E-state index in [1.165, 1.54) is 12.8 Å². The standard InChI is InChI=1S/C12H25N3O/c1-3-14(4-2)12(16)9-11(10-13)15-7-5-6-8-15/h11H,3-10,13H2,1-2H3. The van der Waals surface area contributed by atoms with Gasteiger partial charge in [0.05, 0.1) is 0 Å². The molecule has 1 aliphatic heterocycles. The maximum absolute atomic E-state index is 12.0. The minimum Gasteiger partial charge on any atom is -0.343 e. The summed E-state index contributed by atoms with van der Waals surface area (Å²) in [7, 11) is 0. The lowest BCUT2D eigenvalue weighted by molar-refractivity contribution is -0.132. The summed E-state index contributed by atoms with van der Waals surface area (Å²) in [6.45, 7) is 8.44. The summed E-state index contributed by atoms with van der Waals surface area (Å²) in [4.78, 5) is 16.2. The van der Waals surface area contributed by atoms with Crippen LogP contribution in [0.25, 0.3) is 0 Å². The molecule has 0 saturated carbocycles. The zero-order valence-electron chi connectivity index (χ0n) is 10.6. The molecule has 1 amide bonds. The van der Waals surface area contributed by atoms with E-state index in [1.807, 2.05) is 18.7 Å². The Bertz CT molecular complexity index is 210. The normalized spacial score (nSPS) is 18.7. The molecule has 1 aliphatic rings. The number of nitrogens with zero attached hydrogens (tertiary/aromatic N) is 2. The lowest BCUT2D eigenvalue weighted by atomic mass is 10.1. The summed E-state index contributed by atoms with van der Waals surface area (Å²) in [5.41, 5.74) is 5.77. The van der Waals surface area contributed by atoms with Gasteiger partial charge in [-0.2, -0.15) is 0 Å². The molecule has 1 fully saturated rings. The van der Waals surface area contributed by atoms with Crippen molar-refractivity contribution >= 4 is 5.91 Å². The lowest BCUT2D eigenvalue weighted by Crippen LogP contribution is -2.43. The van der Waals surface area contributed by atoms with Gasteiger partial charge in [-0.1, -0.05) is 0 Å². The molecule has 0 radical (unpaired) electrons. The SMILES string of the molecule is CCN(CC)C(=O)CC(CN)N1CCCC1. The molecule has 0 aliphatic carbocycles. The average molecular weight is 227 g/mol. The van der Waals surface area contributed by atoms with Gasteiger partial charge in [0, 0.05) is 32.1 Å². The van der Waals surface area contributed by atoms with Crippen molar-refractivity contribution in [3.63, 3.8) is 0 Å². The van der Waals surface area contributed by atoms with Crippen LogP contribution in [0.1, 0.15) is 33.1 Å². The lowest BCUT2D eigenvalue weighted by Gasteiger charge is -2.28. The maximum Gasteiger partial charge on any atom is 0.224 e. The highest BCUT2D eigenvalue weighted by Gasteiger charge is 2.24. The number of carbonyl (C=O) groups is 1. The van der Waals surface area contributed by atoms with Gasteiger partial charge in [-0.25, -0.2) is 0 Å². The zero-order valence-corrected chi connectivity index (χ0v) is 10.6. The molecule has 0 aromatic carbocycles. The molecule has 0 bridgehead atoms. The highest BCUT2D eigenvalue weighted by Crippen LogP contribution is 2.14. The van der Waals surface area contributed by atoms with Crippen LogP contribution in [0.4, 0.5) is 0 Å². The molecule has 4 heteroatoms. The summed E-state index contributed by atoms with van der Waals surface area (Å²) in [6, 6.07) is 0.246. The van der Waals surface area contributed by atoms with Crippen molar-refractivity contribution in [1.29, 1.82) is 0 Å². The predicted molar refractivity (Wildman–Crippen MR) is 66.2 cm³/mol. The van der Waals surface area contributed by atoms with Gasteiger partial charge in [-0.15, -0.1) is 0 Å². The predicted octanol–water partition coefficient (Wildman–Crippen LogP) is 0.668. The number of nitrogens with two attached hydrogens (primary N) is 1. The van der Waals surface area contributed by atoms with Crippen molar-refractivity contribution in [2.75, 3.05) is 32.7 Å². The van der Waals surface area contributed by atoms with Gasteiger partial charge in [0.25, 0.3) is 0 Å². The molecular weight excluding hydrogens is 202 g/mol. The van der Waals surface area contributed by atoms with Crippen molar-refractivity contribution in [2.45, 2.75) is 39.2 Å². The first kappa shape index (κ1) is 13.5. The molecule has 1 unspecified atom stereocenters. The van der Waals surface area contributed by atoms with E-state index in [4.69, 9.17) is 5.73 Å². The second-order valence-corrected chi connectivity index (χ2v) is 4.40. The van der Waals surface area contributed by atoms with Crippen molar-refractivity contribution < 1.29 is 4.79 Å². The van der Waals surface area contributed by atoms with Gasteiger partial charge in [0.2, 0.25) is 5.91 Å². The quantitative estimate of drug-likeness (QED) is 0.725. The van der Waals surface area contributed by atoms with E-state index in [-0.39, 0.29) is 11.9 Å². The minimum absolute atomic E-state index is 0.243. The number of hydrogen-bond donors (Lipinski definition) is 1. The second kappa shape index (κ2) is 6.86. The van der Waals surface area contributed by atoms with Crippen LogP contribution in [-0.2, 0) is 4.79 Å². The number of carbonyl (C=O) groups excluding carboxylic acids is 1. The average Bonchev–Trinajstić information content (AvgIpc) is 2.81. The fourth-order valence-electron chi connectivity index (χ4n) is 2.38. The summed E-state index contributed by atoms with van der Waals surface area (Å²) in [5, 5.41) is 0. The van der Waals surface area contributed by atoms with Gasteiger partial charge in [-0.3, -0.25) is 9.69 Å². The van der Waals surface area contributed by atoms with Crippen molar-refractivity contribution in [3.8, 4) is 0 Å². The Labute approximate surface area is 98.8 Å². The number of hydrogen-bond acceptors (Lipinski definition) is 3. The van der Waals surface area contributed by atoms with Gasteiger partial charge in [0.15, 0.2) is 0 Å². The highest BCUT2D eigenvalue weighted by molar-refractivity contribution is 5.76. The Morgan fingerprint density at radius 1 is 1.31 bits per heavy atom. The van der Waals surface area contributed by atoms with Crippen LogP contribution in [0.15, 0.2) is 0 Å². The van der Waals surface area contributed by atoms with Crippen LogP contribution < -0.4 is 5.73 Å². The smallest absolute Gasteiger partial charge is 0.224 e. The molecule has 1 rings (SSSR count). The molecule has 16 heavy (non-hydrogen) atoms. The third-order valence-electron chi connectivity index (χ3n) is 3.46. The van der Waals surface area contributed by atoms with Crippen LogP contribution in [0.2, 0.25) is 0 Å². The largest absolute Gasteiger partial charge is 0.343 e. The fraction of sp³-hybridized carbons (Fsp3) is 0.917. The monoisotopic (exact) mass is 227 g/mol. The van der Waals surface area contributed by atoms with E-state index >= 15 is 0 Å². The molecule has 1 heterocycles. The van der Waals surface area contributed by atoms with Crippen LogP contribution >= 0.6 is 0 Å². The Balaban J connectivity index is 2.45. The molecule has 94 valence electrons. The number of amides is 1. The number of likely N-dealkylation sites (tertiary alicyclic amines) is 1. The van der Waals surface area contributed by atoms with Crippen molar-refractivity contribution in [1.82, 2.24) is 9.80 Å². The molecule has 0 aromatic heterocycles. The highest BCUT2D eigenvalue weighted by atomic mass is 16.2. The van der Waals surface area contributed by atoms with Crippen molar-refractivity contribution in [2.24, 2.45) is 5.73 Å². The molecule has 0 spiro atoms. The third-order valence-corrected chi connectivity index (χ3v) is 3.46. The fourth-order valence-corrected chi connectivity index (χ4v) is 2.38. The van der Waals surface area contributed by atoms with Crippen molar-refractivity contribution in [3.05, 3.63) is 0 Å². The van der Waals surface area contributed by atoms with Crippen LogP contribution in [-0.4, -0.2) is 54.5 Å². The van der Waals surface area contributed by atoms with Crippen LogP contribution in [0, 0.1) is 0 Å². The molecular formula is C12H25N3O. The zero-order chi connectivity index (χ0) is 12.0. The van der Waals surface area contributed by atoms with Gasteiger partial charge in [-0.05, 0) is 39.8 Å². The summed E-state index contributed by atoms with van der Waals surface area (Å²) in [6.07, 6.45) is 3.07. The Morgan fingerprint density at radius 3 is 2.31 bits per heavy atom. The van der Waals surface area contributed by atoms with E-state index in [0.29, 0.717) is 13.0 Å². The first-order chi connectivity index (χ1) is 7.72. The maximum atomic E-state index is 12.0. The molecule has 0 aromatic rings. The van der Waals surface area contributed by atoms with E-state index in [2.05, 4.69) is 4.90 Å². The minimum atomic E-state index is 0.243. The van der Waals surface area contributed by atoms with Gasteiger partial charge < -0.3 is 10.6 Å². The Morgan fingerprint density at radius 2 is 1.88 bits per heavy atom. The summed E-state index contributed by atoms with van der Waals surface area (Å²) < 4.78 is 0.